The SMILES string of the molecule is O=C1CC2CC2(c2ccco2)O1. The lowest BCUT2D eigenvalue weighted by molar-refractivity contribution is -0.146. The monoisotopic (exact) mass is 164 g/mol. The highest BCUT2D eigenvalue weighted by Crippen LogP contribution is 2.61. The van der Waals surface area contributed by atoms with Gasteiger partial charge in [0.25, 0.3) is 0 Å². The zero-order valence-corrected chi connectivity index (χ0v) is 6.45. The Morgan fingerprint density at radius 1 is 1.58 bits per heavy atom. The molecule has 1 saturated heterocycles. The summed E-state index contributed by atoms with van der Waals surface area (Å²) in [4.78, 5) is 10.9. The third kappa shape index (κ3) is 0.594. The van der Waals surface area contributed by atoms with Gasteiger partial charge in [0.2, 0.25) is 0 Å². The molecule has 2 heterocycles. The summed E-state index contributed by atoms with van der Waals surface area (Å²) < 4.78 is 10.5. The van der Waals surface area contributed by atoms with Gasteiger partial charge in [0.05, 0.1) is 12.7 Å². The molecule has 0 amide bonds. The summed E-state index contributed by atoms with van der Waals surface area (Å²) in [5.41, 5.74) is -0.361. The molecule has 0 N–H and O–H groups in total. The summed E-state index contributed by atoms with van der Waals surface area (Å²) in [6, 6.07) is 3.70. The van der Waals surface area contributed by atoms with Gasteiger partial charge >= 0.3 is 5.97 Å². The van der Waals surface area contributed by atoms with Gasteiger partial charge in [-0.1, -0.05) is 0 Å². The predicted molar refractivity (Wildman–Crippen MR) is 39.2 cm³/mol. The largest absolute Gasteiger partial charge is 0.465 e. The van der Waals surface area contributed by atoms with Crippen LogP contribution in [0.5, 0.6) is 0 Å². The van der Waals surface area contributed by atoms with Crippen molar-refractivity contribution < 1.29 is 13.9 Å². The summed E-state index contributed by atoms with van der Waals surface area (Å²) >= 11 is 0. The van der Waals surface area contributed by atoms with Crippen molar-refractivity contribution in [1.29, 1.82) is 0 Å². The maximum absolute atomic E-state index is 10.9. The van der Waals surface area contributed by atoms with Crippen LogP contribution in [0.1, 0.15) is 18.6 Å². The van der Waals surface area contributed by atoms with Gasteiger partial charge in [-0.2, -0.15) is 0 Å². The van der Waals surface area contributed by atoms with Crippen LogP contribution >= 0.6 is 0 Å². The van der Waals surface area contributed by atoms with Gasteiger partial charge in [-0.15, -0.1) is 0 Å². The second-order valence-electron chi connectivity index (χ2n) is 3.45. The number of rotatable bonds is 1. The lowest BCUT2D eigenvalue weighted by Gasteiger charge is -2.08. The molecule has 2 aliphatic rings. The van der Waals surface area contributed by atoms with Crippen LogP contribution in [0.4, 0.5) is 0 Å². The molecule has 62 valence electrons. The number of esters is 1. The highest BCUT2D eigenvalue weighted by atomic mass is 16.6. The fourth-order valence-corrected chi connectivity index (χ4v) is 1.99. The molecule has 3 heteroatoms. The van der Waals surface area contributed by atoms with Gasteiger partial charge in [-0.05, 0) is 12.1 Å². The zero-order chi connectivity index (χ0) is 8.18. The molecule has 0 radical (unpaired) electrons. The van der Waals surface area contributed by atoms with Crippen LogP contribution in [0.2, 0.25) is 0 Å². The summed E-state index contributed by atoms with van der Waals surface area (Å²) in [6.45, 7) is 0. The molecule has 2 atom stereocenters. The first-order valence-electron chi connectivity index (χ1n) is 4.07. The summed E-state index contributed by atoms with van der Waals surface area (Å²) in [5, 5.41) is 0. The van der Waals surface area contributed by atoms with Crippen molar-refractivity contribution in [2.24, 2.45) is 5.92 Å². The van der Waals surface area contributed by atoms with Crippen molar-refractivity contribution in [2.75, 3.05) is 0 Å². The molecule has 1 aliphatic heterocycles. The Morgan fingerprint density at radius 2 is 2.50 bits per heavy atom. The molecule has 1 aromatic rings. The van der Waals surface area contributed by atoms with Gasteiger partial charge in [0.1, 0.15) is 5.76 Å². The molecular formula is C9H8O3. The molecule has 1 aliphatic carbocycles. The van der Waals surface area contributed by atoms with Crippen molar-refractivity contribution in [3.8, 4) is 0 Å². The number of carbonyl (C=O) groups excluding carboxylic acids is 1. The molecule has 0 aromatic carbocycles. The van der Waals surface area contributed by atoms with Gasteiger partial charge < -0.3 is 9.15 Å². The van der Waals surface area contributed by atoms with E-state index in [1.54, 1.807) is 6.26 Å². The first kappa shape index (κ1) is 6.29. The Morgan fingerprint density at radius 3 is 3.08 bits per heavy atom. The van der Waals surface area contributed by atoms with Crippen LogP contribution in [0, 0.1) is 5.92 Å². The standard InChI is InChI=1S/C9H8O3/c10-8-4-6-5-9(6,12-8)7-2-1-3-11-7/h1-3,6H,4-5H2. The van der Waals surface area contributed by atoms with Gasteiger partial charge in [-0.25, -0.2) is 0 Å². The van der Waals surface area contributed by atoms with E-state index in [1.807, 2.05) is 12.1 Å². The van der Waals surface area contributed by atoms with Crippen LogP contribution in [-0.2, 0) is 15.1 Å². The fraction of sp³-hybridized carbons (Fsp3) is 0.444. The van der Waals surface area contributed by atoms with E-state index in [4.69, 9.17) is 9.15 Å². The van der Waals surface area contributed by atoms with E-state index in [0.29, 0.717) is 12.3 Å². The lowest BCUT2D eigenvalue weighted by Crippen LogP contribution is -2.10. The molecule has 3 nitrogen and oxygen atoms in total. The first-order chi connectivity index (χ1) is 5.81. The molecular weight excluding hydrogens is 156 g/mol. The van der Waals surface area contributed by atoms with E-state index in [1.165, 1.54) is 0 Å². The number of furan rings is 1. The van der Waals surface area contributed by atoms with Crippen LogP contribution in [0.25, 0.3) is 0 Å². The number of ether oxygens (including phenoxy) is 1. The molecule has 3 rings (SSSR count). The Kier molecular flexibility index (Phi) is 0.908. The maximum atomic E-state index is 10.9. The Labute approximate surface area is 69.3 Å². The molecule has 0 spiro atoms. The zero-order valence-electron chi connectivity index (χ0n) is 6.45. The normalized spacial score (nSPS) is 37.7. The van der Waals surface area contributed by atoms with Crippen molar-refractivity contribution in [2.45, 2.75) is 18.4 Å². The fourth-order valence-electron chi connectivity index (χ4n) is 1.99. The highest BCUT2D eigenvalue weighted by Gasteiger charge is 2.66. The van der Waals surface area contributed by atoms with E-state index in [0.717, 1.165) is 12.2 Å². The Hall–Kier alpha value is -1.25. The van der Waals surface area contributed by atoms with Crippen molar-refractivity contribution >= 4 is 5.97 Å². The van der Waals surface area contributed by atoms with Crippen molar-refractivity contribution in [3.63, 3.8) is 0 Å². The molecule has 2 fully saturated rings. The topological polar surface area (TPSA) is 39.4 Å². The minimum atomic E-state index is -0.361. The summed E-state index contributed by atoms with van der Waals surface area (Å²) in [7, 11) is 0. The van der Waals surface area contributed by atoms with Gasteiger partial charge in [0, 0.05) is 12.3 Å². The van der Waals surface area contributed by atoms with Crippen molar-refractivity contribution in [3.05, 3.63) is 24.2 Å². The molecule has 1 aromatic heterocycles. The van der Waals surface area contributed by atoms with Crippen LogP contribution in [0.3, 0.4) is 0 Å². The lowest BCUT2D eigenvalue weighted by atomic mass is 10.2. The molecule has 1 saturated carbocycles. The Balaban J connectivity index is 2.00. The number of hydrogen-bond donors (Lipinski definition) is 0. The maximum Gasteiger partial charge on any atom is 0.307 e. The number of carbonyl (C=O) groups is 1. The molecule has 12 heavy (non-hydrogen) atoms. The first-order valence-corrected chi connectivity index (χ1v) is 4.07. The highest BCUT2D eigenvalue weighted by molar-refractivity contribution is 5.75. The summed E-state index contributed by atoms with van der Waals surface area (Å²) in [5.74, 6) is 1.08. The van der Waals surface area contributed by atoms with E-state index in [-0.39, 0.29) is 11.6 Å². The number of hydrogen-bond acceptors (Lipinski definition) is 3. The van der Waals surface area contributed by atoms with Crippen molar-refractivity contribution in [1.82, 2.24) is 0 Å². The predicted octanol–water partition coefficient (Wildman–Crippen LogP) is 1.44. The minimum Gasteiger partial charge on any atom is -0.465 e. The van der Waals surface area contributed by atoms with Crippen LogP contribution in [0.15, 0.2) is 22.8 Å². The molecule has 0 bridgehead atoms. The van der Waals surface area contributed by atoms with E-state index in [9.17, 15) is 4.79 Å². The number of fused-ring (bicyclic) bond motifs is 1. The Bertz CT molecular complexity index is 328. The van der Waals surface area contributed by atoms with E-state index in [2.05, 4.69) is 0 Å². The van der Waals surface area contributed by atoms with Gasteiger partial charge in [-0.3, -0.25) is 4.79 Å². The van der Waals surface area contributed by atoms with Gasteiger partial charge in [0.15, 0.2) is 5.60 Å². The van der Waals surface area contributed by atoms with E-state index < -0.39 is 0 Å². The van der Waals surface area contributed by atoms with Crippen LogP contribution in [-0.4, -0.2) is 5.97 Å². The quantitative estimate of drug-likeness (QED) is 0.589. The second-order valence-corrected chi connectivity index (χ2v) is 3.45. The second kappa shape index (κ2) is 1.73. The third-order valence-corrected chi connectivity index (χ3v) is 2.70. The molecule has 2 unspecified atom stereocenters. The van der Waals surface area contributed by atoms with E-state index >= 15 is 0 Å². The average molecular weight is 164 g/mol. The smallest absolute Gasteiger partial charge is 0.307 e. The minimum absolute atomic E-state index is 0.0948. The van der Waals surface area contributed by atoms with Crippen LogP contribution < -0.4 is 0 Å². The summed E-state index contributed by atoms with van der Waals surface area (Å²) in [6.07, 6.45) is 3.11. The average Bonchev–Trinajstić information content (AvgIpc) is 2.56. The third-order valence-electron chi connectivity index (χ3n) is 2.70.